The number of aryl methyl sites for hydroxylation is 2. The standard InChI is InChI=1S/C21H18ClN3O4S/c1-23-15-8-7-13(11-16(15)24(2)20(23)27)12-18-19(26)25(21(28)30-18)9-10-29-17-6-4-3-5-14(17)22/h3-8,11-12H,9-10H2,1-2H3/b18-12-. The molecule has 30 heavy (non-hydrogen) atoms. The van der Waals surface area contributed by atoms with Gasteiger partial charge in [0, 0.05) is 14.1 Å². The summed E-state index contributed by atoms with van der Waals surface area (Å²) in [6.07, 6.45) is 1.66. The molecule has 0 aliphatic carbocycles. The third-order valence-electron chi connectivity index (χ3n) is 4.88. The molecular weight excluding hydrogens is 426 g/mol. The summed E-state index contributed by atoms with van der Waals surface area (Å²) in [5, 5.41) is 0.124. The first-order chi connectivity index (χ1) is 14.4. The Hall–Kier alpha value is -2.97. The molecule has 4 rings (SSSR count). The van der Waals surface area contributed by atoms with Gasteiger partial charge in [-0.05, 0) is 47.7 Å². The predicted octanol–water partition coefficient (Wildman–Crippen LogP) is 3.65. The molecular formula is C21H18ClN3O4S. The van der Waals surface area contributed by atoms with Crippen LogP contribution in [0.2, 0.25) is 5.02 Å². The lowest BCUT2D eigenvalue weighted by Crippen LogP contribution is -2.32. The fourth-order valence-electron chi connectivity index (χ4n) is 3.27. The lowest BCUT2D eigenvalue weighted by molar-refractivity contribution is -0.123. The van der Waals surface area contributed by atoms with Crippen LogP contribution in [0.25, 0.3) is 17.1 Å². The minimum atomic E-state index is -0.366. The highest BCUT2D eigenvalue weighted by molar-refractivity contribution is 8.18. The molecule has 1 saturated heterocycles. The van der Waals surface area contributed by atoms with E-state index in [4.69, 9.17) is 16.3 Å². The number of halogens is 1. The summed E-state index contributed by atoms with van der Waals surface area (Å²) in [5.74, 6) is 0.137. The third kappa shape index (κ3) is 3.64. The Bertz CT molecular complexity index is 1260. The Balaban J connectivity index is 1.50. The molecule has 0 radical (unpaired) electrons. The van der Waals surface area contributed by atoms with Crippen molar-refractivity contribution in [2.45, 2.75) is 0 Å². The molecule has 1 aromatic heterocycles. The van der Waals surface area contributed by atoms with E-state index in [2.05, 4.69) is 0 Å². The summed E-state index contributed by atoms with van der Waals surface area (Å²) in [6, 6.07) is 12.5. The van der Waals surface area contributed by atoms with Gasteiger partial charge in [-0.15, -0.1) is 0 Å². The average molecular weight is 444 g/mol. The second-order valence-electron chi connectivity index (χ2n) is 6.76. The summed E-state index contributed by atoms with van der Waals surface area (Å²) in [4.78, 5) is 38.6. The molecule has 0 N–H and O–H groups in total. The minimum absolute atomic E-state index is 0.124. The molecule has 1 fully saturated rings. The molecule has 0 atom stereocenters. The maximum Gasteiger partial charge on any atom is 0.328 e. The van der Waals surface area contributed by atoms with E-state index in [0.717, 1.165) is 33.3 Å². The van der Waals surface area contributed by atoms with Crippen LogP contribution in [0.4, 0.5) is 4.79 Å². The molecule has 3 aromatic rings. The van der Waals surface area contributed by atoms with E-state index >= 15 is 0 Å². The molecule has 0 unspecified atom stereocenters. The van der Waals surface area contributed by atoms with Gasteiger partial charge in [0.1, 0.15) is 12.4 Å². The number of benzene rings is 2. The van der Waals surface area contributed by atoms with E-state index in [-0.39, 0.29) is 30.0 Å². The smallest absolute Gasteiger partial charge is 0.328 e. The Kier molecular flexibility index (Phi) is 5.44. The van der Waals surface area contributed by atoms with Crippen molar-refractivity contribution < 1.29 is 14.3 Å². The Morgan fingerprint density at radius 1 is 1.03 bits per heavy atom. The van der Waals surface area contributed by atoms with Gasteiger partial charge in [0.2, 0.25) is 0 Å². The van der Waals surface area contributed by atoms with Gasteiger partial charge in [0.15, 0.2) is 0 Å². The average Bonchev–Trinajstić information content (AvgIpc) is 3.11. The van der Waals surface area contributed by atoms with E-state index < -0.39 is 0 Å². The Labute approximate surface area is 181 Å². The van der Waals surface area contributed by atoms with Gasteiger partial charge in [-0.1, -0.05) is 29.8 Å². The van der Waals surface area contributed by atoms with Crippen molar-refractivity contribution in [3.05, 3.63) is 68.4 Å². The number of thioether (sulfide) groups is 1. The minimum Gasteiger partial charge on any atom is -0.490 e. The van der Waals surface area contributed by atoms with Gasteiger partial charge in [-0.25, -0.2) is 4.79 Å². The summed E-state index contributed by atoms with van der Waals surface area (Å²) in [6.45, 7) is 0.270. The highest BCUT2D eigenvalue weighted by atomic mass is 35.5. The van der Waals surface area contributed by atoms with Gasteiger partial charge in [-0.2, -0.15) is 0 Å². The van der Waals surface area contributed by atoms with E-state index in [1.165, 1.54) is 0 Å². The lowest BCUT2D eigenvalue weighted by atomic mass is 10.2. The highest BCUT2D eigenvalue weighted by Crippen LogP contribution is 2.32. The lowest BCUT2D eigenvalue weighted by Gasteiger charge is -2.13. The molecule has 7 nitrogen and oxygen atoms in total. The first kappa shape index (κ1) is 20.3. The fourth-order valence-corrected chi connectivity index (χ4v) is 4.32. The fraction of sp³-hybridized carbons (Fsp3) is 0.190. The number of imidazole rings is 1. The van der Waals surface area contributed by atoms with Gasteiger partial charge < -0.3 is 4.74 Å². The van der Waals surface area contributed by atoms with Gasteiger partial charge in [0.05, 0.1) is 27.5 Å². The Morgan fingerprint density at radius 2 is 1.77 bits per heavy atom. The van der Waals surface area contributed by atoms with Crippen molar-refractivity contribution in [2.24, 2.45) is 14.1 Å². The zero-order valence-corrected chi connectivity index (χ0v) is 17.9. The molecule has 9 heteroatoms. The van der Waals surface area contributed by atoms with Crippen LogP contribution in [0.1, 0.15) is 5.56 Å². The molecule has 154 valence electrons. The van der Waals surface area contributed by atoms with Gasteiger partial charge in [-0.3, -0.25) is 23.6 Å². The molecule has 2 amide bonds. The van der Waals surface area contributed by atoms with Crippen LogP contribution >= 0.6 is 23.4 Å². The van der Waals surface area contributed by atoms with Crippen LogP contribution in [-0.4, -0.2) is 38.3 Å². The first-order valence-corrected chi connectivity index (χ1v) is 10.3. The number of rotatable bonds is 5. The normalized spacial score (nSPS) is 15.6. The van der Waals surface area contributed by atoms with Crippen LogP contribution < -0.4 is 10.4 Å². The number of para-hydroxylation sites is 1. The number of ether oxygens (including phenoxy) is 1. The molecule has 2 aromatic carbocycles. The monoisotopic (exact) mass is 443 g/mol. The number of fused-ring (bicyclic) bond motifs is 1. The third-order valence-corrected chi connectivity index (χ3v) is 6.10. The largest absolute Gasteiger partial charge is 0.490 e. The number of carbonyl (C=O) groups excluding carboxylic acids is 2. The van der Waals surface area contributed by atoms with E-state index in [1.807, 2.05) is 18.2 Å². The van der Waals surface area contributed by atoms with Crippen LogP contribution in [0.5, 0.6) is 5.75 Å². The van der Waals surface area contributed by atoms with E-state index in [1.54, 1.807) is 53.6 Å². The summed E-state index contributed by atoms with van der Waals surface area (Å²) < 4.78 is 8.69. The molecule has 0 spiro atoms. The molecule has 1 aliphatic heterocycles. The summed E-state index contributed by atoms with van der Waals surface area (Å²) in [5.41, 5.74) is 2.16. The second kappa shape index (κ2) is 8.04. The molecule has 2 heterocycles. The van der Waals surface area contributed by atoms with Crippen LogP contribution in [0.15, 0.2) is 52.2 Å². The zero-order valence-electron chi connectivity index (χ0n) is 16.3. The van der Waals surface area contributed by atoms with Gasteiger partial charge in [0.25, 0.3) is 11.1 Å². The number of imide groups is 1. The van der Waals surface area contributed by atoms with Crippen LogP contribution in [-0.2, 0) is 18.9 Å². The van der Waals surface area contributed by atoms with Crippen LogP contribution in [0, 0.1) is 0 Å². The van der Waals surface area contributed by atoms with Crippen molar-refractivity contribution in [1.29, 1.82) is 0 Å². The first-order valence-electron chi connectivity index (χ1n) is 9.15. The van der Waals surface area contributed by atoms with Crippen molar-refractivity contribution in [3.8, 4) is 5.75 Å². The number of carbonyl (C=O) groups is 2. The topological polar surface area (TPSA) is 73.5 Å². The number of amides is 2. The van der Waals surface area contributed by atoms with Gasteiger partial charge >= 0.3 is 5.69 Å². The summed E-state index contributed by atoms with van der Waals surface area (Å²) in [7, 11) is 3.40. The molecule has 0 bridgehead atoms. The maximum absolute atomic E-state index is 12.7. The molecule has 0 saturated carbocycles. The highest BCUT2D eigenvalue weighted by Gasteiger charge is 2.34. The number of nitrogens with zero attached hydrogens (tertiary/aromatic N) is 3. The van der Waals surface area contributed by atoms with Crippen molar-refractivity contribution in [2.75, 3.05) is 13.2 Å². The van der Waals surface area contributed by atoms with E-state index in [9.17, 15) is 14.4 Å². The van der Waals surface area contributed by atoms with E-state index in [0.29, 0.717) is 15.7 Å². The Morgan fingerprint density at radius 3 is 2.53 bits per heavy atom. The number of hydrogen-bond donors (Lipinski definition) is 0. The molecule has 1 aliphatic rings. The number of hydrogen-bond acceptors (Lipinski definition) is 5. The second-order valence-corrected chi connectivity index (χ2v) is 8.16. The van der Waals surface area contributed by atoms with Crippen LogP contribution in [0.3, 0.4) is 0 Å². The van der Waals surface area contributed by atoms with Crippen molar-refractivity contribution >= 4 is 51.6 Å². The van der Waals surface area contributed by atoms with Crippen molar-refractivity contribution in [1.82, 2.24) is 14.0 Å². The predicted molar refractivity (Wildman–Crippen MR) is 118 cm³/mol. The van der Waals surface area contributed by atoms with Crippen molar-refractivity contribution in [3.63, 3.8) is 0 Å². The summed E-state index contributed by atoms with van der Waals surface area (Å²) >= 11 is 6.93. The SMILES string of the molecule is Cn1c(=O)n(C)c2cc(/C=C3\SC(=O)N(CCOc4ccccc4Cl)C3=O)ccc21. The zero-order chi connectivity index (χ0) is 21.4. The number of aromatic nitrogens is 2. The maximum atomic E-state index is 12.7. The quantitative estimate of drug-likeness (QED) is 0.563.